The van der Waals surface area contributed by atoms with Crippen LogP contribution in [-0.2, 0) is 13.9 Å². The summed E-state index contributed by atoms with van der Waals surface area (Å²) in [6, 6.07) is 30.1. The fourth-order valence-electron chi connectivity index (χ4n) is 5.81. The molecule has 214 valence electrons. The summed E-state index contributed by atoms with van der Waals surface area (Å²) in [6.45, 7) is 8.90. The molecule has 0 saturated carbocycles. The molecule has 3 aromatic carbocycles. The van der Waals surface area contributed by atoms with Crippen LogP contribution < -0.4 is 10.4 Å². The van der Waals surface area contributed by atoms with Gasteiger partial charge in [0.05, 0.1) is 23.9 Å². The predicted octanol–water partition coefficient (Wildman–Crippen LogP) is 5.89. The topological polar surface area (TPSA) is 65.0 Å². The van der Waals surface area contributed by atoms with Crippen molar-refractivity contribution >= 4 is 24.7 Å². The average Bonchev–Trinajstić information content (AvgIpc) is 3.37. The lowest BCUT2D eigenvalue weighted by Crippen LogP contribution is -2.68. The van der Waals surface area contributed by atoms with Gasteiger partial charge >= 0.3 is 5.97 Å². The highest BCUT2D eigenvalue weighted by atomic mass is 28.4. The van der Waals surface area contributed by atoms with Gasteiger partial charge in [0.1, 0.15) is 12.7 Å². The summed E-state index contributed by atoms with van der Waals surface area (Å²) in [4.78, 5) is 12.5. The van der Waals surface area contributed by atoms with E-state index in [-0.39, 0.29) is 23.9 Å². The molecule has 1 heterocycles. The molecule has 6 heteroatoms. The van der Waals surface area contributed by atoms with Crippen LogP contribution >= 0.6 is 0 Å². The van der Waals surface area contributed by atoms with Crippen molar-refractivity contribution < 1.29 is 23.8 Å². The van der Waals surface area contributed by atoms with Crippen LogP contribution in [0.25, 0.3) is 0 Å². The monoisotopic (exact) mass is 560 g/mol. The SMILES string of the molecule is CCCCC[C@@H]1O[C@@H]([C@@H](O)COC(=O)c2ccccc2)C[C@@H]1O[Si](c1ccccc1)(c1ccccc1)C(C)(C)C. The van der Waals surface area contributed by atoms with E-state index in [1.807, 2.05) is 18.2 Å². The molecule has 1 fully saturated rings. The minimum Gasteiger partial charge on any atom is -0.459 e. The molecule has 5 nitrogen and oxygen atoms in total. The van der Waals surface area contributed by atoms with Crippen LogP contribution in [0.2, 0.25) is 5.04 Å². The van der Waals surface area contributed by atoms with Gasteiger partial charge in [-0.2, -0.15) is 0 Å². The van der Waals surface area contributed by atoms with Gasteiger partial charge in [-0.05, 0) is 34.0 Å². The van der Waals surface area contributed by atoms with Gasteiger partial charge in [0.2, 0.25) is 0 Å². The van der Waals surface area contributed by atoms with Crippen molar-refractivity contribution in [3.8, 4) is 0 Å². The largest absolute Gasteiger partial charge is 0.459 e. The average molecular weight is 561 g/mol. The number of hydrogen-bond donors (Lipinski definition) is 1. The zero-order valence-electron chi connectivity index (χ0n) is 24.3. The van der Waals surface area contributed by atoms with Gasteiger partial charge in [0.25, 0.3) is 8.32 Å². The molecule has 0 unspecified atom stereocenters. The summed E-state index contributed by atoms with van der Waals surface area (Å²) < 4.78 is 19.4. The van der Waals surface area contributed by atoms with Crippen LogP contribution in [0.15, 0.2) is 91.0 Å². The summed E-state index contributed by atoms with van der Waals surface area (Å²) in [7, 11) is -2.80. The number of hydrogen-bond acceptors (Lipinski definition) is 5. The number of aliphatic hydroxyl groups excluding tert-OH is 1. The molecule has 3 aromatic rings. The maximum absolute atomic E-state index is 12.5. The summed E-state index contributed by atoms with van der Waals surface area (Å²) >= 11 is 0. The zero-order valence-corrected chi connectivity index (χ0v) is 25.3. The lowest BCUT2D eigenvalue weighted by Gasteiger charge is -2.45. The third-order valence-electron chi connectivity index (χ3n) is 7.89. The van der Waals surface area contributed by atoms with E-state index in [9.17, 15) is 9.90 Å². The molecule has 4 rings (SSSR count). The molecule has 1 N–H and O–H groups in total. The number of carbonyl (C=O) groups excluding carboxylic acids is 1. The standard InChI is InChI=1S/C34H44O5Si/c1-5-6-10-23-30-32(24-31(38-30)29(35)25-37-33(36)26-17-11-7-12-18-26)39-40(34(2,3)4,27-19-13-8-14-20-27)28-21-15-9-16-22-28/h7-9,11-22,29-32,35H,5-6,10,23-25H2,1-4H3/t29-,30-,31+,32-/m0/s1. The second-order valence-corrected chi connectivity index (χ2v) is 16.0. The smallest absolute Gasteiger partial charge is 0.338 e. The molecule has 0 aliphatic carbocycles. The highest BCUT2D eigenvalue weighted by Crippen LogP contribution is 2.40. The van der Waals surface area contributed by atoms with E-state index in [1.54, 1.807) is 24.3 Å². The predicted molar refractivity (Wildman–Crippen MR) is 163 cm³/mol. The molecule has 0 spiro atoms. The van der Waals surface area contributed by atoms with Crippen molar-refractivity contribution in [1.29, 1.82) is 0 Å². The highest BCUT2D eigenvalue weighted by molar-refractivity contribution is 6.99. The first-order valence-corrected chi connectivity index (χ1v) is 16.5. The summed E-state index contributed by atoms with van der Waals surface area (Å²) in [5.74, 6) is -0.447. The lowest BCUT2D eigenvalue weighted by molar-refractivity contribution is -0.0656. The van der Waals surface area contributed by atoms with Crippen LogP contribution in [0.3, 0.4) is 0 Å². The Labute approximate surface area is 240 Å². The maximum atomic E-state index is 12.5. The molecular weight excluding hydrogens is 516 g/mol. The lowest BCUT2D eigenvalue weighted by atomic mass is 10.0. The third kappa shape index (κ3) is 6.92. The van der Waals surface area contributed by atoms with E-state index in [4.69, 9.17) is 13.9 Å². The van der Waals surface area contributed by atoms with Gasteiger partial charge in [-0.3, -0.25) is 0 Å². The minimum atomic E-state index is -2.80. The Morgan fingerprint density at radius 3 is 2.00 bits per heavy atom. The van der Waals surface area contributed by atoms with Gasteiger partial charge in [-0.15, -0.1) is 0 Å². The van der Waals surface area contributed by atoms with Gasteiger partial charge in [-0.1, -0.05) is 126 Å². The maximum Gasteiger partial charge on any atom is 0.338 e. The fourth-order valence-corrected chi connectivity index (χ4v) is 10.5. The van der Waals surface area contributed by atoms with Crippen molar-refractivity contribution in [3.63, 3.8) is 0 Å². The molecule has 1 aliphatic rings. The molecule has 0 aromatic heterocycles. The Bertz CT molecular complexity index is 1140. The van der Waals surface area contributed by atoms with Crippen LogP contribution in [-0.4, -0.2) is 50.4 Å². The van der Waals surface area contributed by atoms with Gasteiger partial charge in [-0.25, -0.2) is 4.79 Å². The van der Waals surface area contributed by atoms with E-state index in [2.05, 4.69) is 76.2 Å². The second-order valence-electron chi connectivity index (χ2n) is 11.8. The van der Waals surface area contributed by atoms with Crippen LogP contribution in [0.5, 0.6) is 0 Å². The molecule has 1 saturated heterocycles. The molecule has 4 atom stereocenters. The van der Waals surface area contributed by atoms with E-state index in [0.717, 1.165) is 25.7 Å². The van der Waals surface area contributed by atoms with Crippen molar-refractivity contribution in [3.05, 3.63) is 96.6 Å². The Balaban J connectivity index is 1.60. The van der Waals surface area contributed by atoms with Gasteiger partial charge in [0, 0.05) is 6.42 Å². The quantitative estimate of drug-likeness (QED) is 0.170. The van der Waals surface area contributed by atoms with Crippen molar-refractivity contribution in [2.45, 2.75) is 89.3 Å². The van der Waals surface area contributed by atoms with E-state index < -0.39 is 26.5 Å². The molecule has 0 amide bonds. The Morgan fingerprint density at radius 2 is 1.48 bits per heavy atom. The summed E-state index contributed by atoms with van der Waals surface area (Å²) in [5, 5.41) is 13.4. The fraction of sp³-hybridized carbons (Fsp3) is 0.441. The Hall–Kier alpha value is -2.77. The number of aliphatic hydroxyl groups is 1. The second kappa shape index (κ2) is 13.7. The van der Waals surface area contributed by atoms with Crippen LogP contribution in [0.1, 0.15) is 70.2 Å². The molecular formula is C34H44O5Si. The summed E-state index contributed by atoms with van der Waals surface area (Å²) in [6.07, 6.45) is 2.95. The number of rotatable bonds is 12. The van der Waals surface area contributed by atoms with Gasteiger partial charge in [0.15, 0.2) is 0 Å². The van der Waals surface area contributed by atoms with Gasteiger partial charge < -0.3 is 19.0 Å². The number of unbranched alkanes of at least 4 members (excludes halogenated alkanes) is 2. The number of benzene rings is 3. The highest BCUT2D eigenvalue weighted by Gasteiger charge is 2.54. The molecule has 0 radical (unpaired) electrons. The van der Waals surface area contributed by atoms with Crippen molar-refractivity contribution in [1.82, 2.24) is 0 Å². The van der Waals surface area contributed by atoms with Crippen molar-refractivity contribution in [2.24, 2.45) is 0 Å². The Kier molecular flexibility index (Phi) is 10.4. The first kappa shape index (κ1) is 30.2. The third-order valence-corrected chi connectivity index (χ3v) is 13.0. The molecule has 1 aliphatic heterocycles. The normalized spacial score (nSPS) is 20.3. The van der Waals surface area contributed by atoms with E-state index >= 15 is 0 Å². The number of ether oxygens (including phenoxy) is 2. The molecule has 40 heavy (non-hydrogen) atoms. The Morgan fingerprint density at radius 1 is 0.925 bits per heavy atom. The van der Waals surface area contributed by atoms with Crippen molar-refractivity contribution in [2.75, 3.05) is 6.61 Å². The van der Waals surface area contributed by atoms with E-state index in [1.165, 1.54) is 10.4 Å². The number of esters is 1. The summed E-state index contributed by atoms with van der Waals surface area (Å²) in [5.41, 5.74) is 0.465. The van der Waals surface area contributed by atoms with E-state index in [0.29, 0.717) is 12.0 Å². The number of carbonyl (C=O) groups is 1. The minimum absolute atomic E-state index is 0.119. The zero-order chi connectivity index (χ0) is 28.6. The first-order valence-electron chi connectivity index (χ1n) is 14.6. The first-order chi connectivity index (χ1) is 19.3. The molecule has 0 bridgehead atoms. The van der Waals surface area contributed by atoms with Crippen LogP contribution in [0, 0.1) is 0 Å². The van der Waals surface area contributed by atoms with Crippen LogP contribution in [0.4, 0.5) is 0 Å².